The van der Waals surface area contributed by atoms with E-state index < -0.39 is 0 Å². The highest BCUT2D eigenvalue weighted by molar-refractivity contribution is 7.98. The molecule has 1 amide bonds. The average molecular weight is 521 g/mol. The monoisotopic (exact) mass is 520 g/mol. The van der Waals surface area contributed by atoms with Crippen molar-refractivity contribution in [2.45, 2.75) is 30.8 Å². The molecule has 0 N–H and O–H groups in total. The van der Waals surface area contributed by atoms with Gasteiger partial charge in [0, 0.05) is 70.7 Å². The molecule has 0 unspecified atom stereocenters. The van der Waals surface area contributed by atoms with Crippen LogP contribution >= 0.6 is 11.8 Å². The number of aromatic nitrogens is 2. The first-order valence-corrected chi connectivity index (χ1v) is 14.1. The van der Waals surface area contributed by atoms with Crippen LogP contribution in [-0.4, -0.2) is 90.0 Å². The first kappa shape index (κ1) is 25.8. The van der Waals surface area contributed by atoms with E-state index in [4.69, 9.17) is 14.4 Å². The fourth-order valence-electron chi connectivity index (χ4n) is 4.72. The van der Waals surface area contributed by atoms with Crippen molar-refractivity contribution >= 4 is 23.5 Å². The Hall–Kier alpha value is -2.88. The van der Waals surface area contributed by atoms with Crippen molar-refractivity contribution in [3.8, 4) is 0 Å². The fourth-order valence-corrected chi connectivity index (χ4v) is 5.48. The predicted octanol–water partition coefficient (Wildman–Crippen LogP) is 3.63. The number of hydrogen-bond donors (Lipinski definition) is 0. The number of aryl methyl sites for hydroxylation is 1. The maximum Gasteiger partial charge on any atom is 0.289 e. The number of furan rings is 1. The van der Waals surface area contributed by atoms with E-state index in [0.717, 1.165) is 87.8 Å². The maximum atomic E-state index is 12.8. The van der Waals surface area contributed by atoms with Gasteiger partial charge in [-0.25, -0.2) is 9.97 Å². The highest BCUT2D eigenvalue weighted by atomic mass is 32.2. The van der Waals surface area contributed by atoms with E-state index >= 15 is 0 Å². The summed E-state index contributed by atoms with van der Waals surface area (Å²) in [5.74, 6) is 2.75. The summed E-state index contributed by atoms with van der Waals surface area (Å²) in [6.45, 7) is 10.3. The SMILES string of the molecule is CCc1cc(N2CCN(Cc3ccccc3)CC2)nc(SCc2ccc(C(=O)N3CCN(C)CC3)o2)n1. The van der Waals surface area contributed by atoms with Crippen molar-refractivity contribution in [1.82, 2.24) is 24.7 Å². The van der Waals surface area contributed by atoms with Gasteiger partial charge < -0.3 is 19.1 Å². The van der Waals surface area contributed by atoms with Crippen LogP contribution in [-0.2, 0) is 18.7 Å². The van der Waals surface area contributed by atoms with Gasteiger partial charge in [0.1, 0.15) is 11.6 Å². The summed E-state index contributed by atoms with van der Waals surface area (Å²) in [4.78, 5) is 31.4. The van der Waals surface area contributed by atoms with Gasteiger partial charge in [0.05, 0.1) is 5.75 Å². The Morgan fingerprint density at radius 3 is 2.43 bits per heavy atom. The van der Waals surface area contributed by atoms with Gasteiger partial charge in [-0.05, 0) is 31.2 Å². The molecule has 5 rings (SSSR count). The largest absolute Gasteiger partial charge is 0.455 e. The van der Waals surface area contributed by atoms with Crippen LogP contribution in [0.3, 0.4) is 0 Å². The van der Waals surface area contributed by atoms with Crippen LogP contribution in [0, 0.1) is 0 Å². The third-order valence-electron chi connectivity index (χ3n) is 7.06. The first-order chi connectivity index (χ1) is 18.1. The van der Waals surface area contributed by atoms with E-state index in [-0.39, 0.29) is 5.91 Å². The fraction of sp³-hybridized carbons (Fsp3) is 0.464. The van der Waals surface area contributed by atoms with Crippen molar-refractivity contribution in [1.29, 1.82) is 0 Å². The highest BCUT2D eigenvalue weighted by Gasteiger charge is 2.23. The molecule has 2 aromatic heterocycles. The van der Waals surface area contributed by atoms with Gasteiger partial charge in [-0.3, -0.25) is 9.69 Å². The zero-order valence-electron chi connectivity index (χ0n) is 21.8. The molecule has 0 spiro atoms. The summed E-state index contributed by atoms with van der Waals surface area (Å²) in [7, 11) is 2.08. The molecule has 4 heterocycles. The molecule has 3 aromatic rings. The molecule has 196 valence electrons. The molecule has 2 aliphatic rings. The molecule has 2 aliphatic heterocycles. The van der Waals surface area contributed by atoms with Crippen molar-refractivity contribution in [3.05, 3.63) is 71.3 Å². The molecule has 0 bridgehead atoms. The zero-order valence-corrected chi connectivity index (χ0v) is 22.6. The number of carbonyl (C=O) groups is 1. The third-order valence-corrected chi connectivity index (χ3v) is 7.93. The van der Waals surface area contributed by atoms with Crippen molar-refractivity contribution < 1.29 is 9.21 Å². The Morgan fingerprint density at radius 1 is 0.946 bits per heavy atom. The summed E-state index contributed by atoms with van der Waals surface area (Å²) in [5, 5.41) is 0.754. The quantitative estimate of drug-likeness (QED) is 0.330. The van der Waals surface area contributed by atoms with E-state index in [1.807, 2.05) is 11.0 Å². The van der Waals surface area contributed by atoms with Gasteiger partial charge >= 0.3 is 0 Å². The van der Waals surface area contributed by atoms with Gasteiger partial charge in [0.25, 0.3) is 5.91 Å². The van der Waals surface area contributed by atoms with Crippen molar-refractivity contribution in [3.63, 3.8) is 0 Å². The lowest BCUT2D eigenvalue weighted by molar-refractivity contribution is 0.0631. The second-order valence-corrected chi connectivity index (χ2v) is 10.7. The molecule has 37 heavy (non-hydrogen) atoms. The number of anilines is 1. The molecule has 2 fully saturated rings. The van der Waals surface area contributed by atoms with Crippen LogP contribution in [0.5, 0.6) is 0 Å². The Labute approximate surface area is 223 Å². The number of benzene rings is 1. The van der Waals surface area contributed by atoms with E-state index in [2.05, 4.69) is 65.1 Å². The Balaban J connectivity index is 1.17. The number of nitrogens with zero attached hydrogens (tertiary/aromatic N) is 6. The molecular weight excluding hydrogens is 484 g/mol. The minimum Gasteiger partial charge on any atom is -0.455 e. The smallest absolute Gasteiger partial charge is 0.289 e. The third kappa shape index (κ3) is 6.71. The molecule has 1 aromatic carbocycles. The first-order valence-electron chi connectivity index (χ1n) is 13.2. The van der Waals surface area contributed by atoms with Crippen LogP contribution < -0.4 is 4.90 Å². The molecular formula is C28H36N6O2S. The summed E-state index contributed by atoms with van der Waals surface area (Å²) in [6.07, 6.45) is 0.863. The molecule has 0 radical (unpaired) electrons. The maximum absolute atomic E-state index is 12.8. The summed E-state index contributed by atoms with van der Waals surface area (Å²) in [6, 6.07) is 16.5. The number of piperazine rings is 2. The lowest BCUT2D eigenvalue weighted by Gasteiger charge is -2.35. The van der Waals surface area contributed by atoms with Crippen LogP contribution in [0.25, 0.3) is 0 Å². The molecule has 0 atom stereocenters. The van der Waals surface area contributed by atoms with E-state index in [1.54, 1.807) is 17.8 Å². The Bertz CT molecular complexity index is 1170. The number of likely N-dealkylation sites (N-methyl/N-ethyl adjacent to an activating group) is 1. The normalized spacial score (nSPS) is 17.4. The number of rotatable bonds is 8. The van der Waals surface area contributed by atoms with Gasteiger partial charge in [-0.2, -0.15) is 0 Å². The standard InChI is InChI=1S/C28H36N6O2S/c1-3-23-19-26(33-17-13-32(14-18-33)20-22-7-5-4-6-8-22)30-28(29-23)37-21-24-9-10-25(36-24)27(35)34-15-11-31(2)12-16-34/h4-10,19H,3,11-18,20-21H2,1-2H3. The zero-order chi connectivity index (χ0) is 25.6. The molecule has 8 nitrogen and oxygen atoms in total. The van der Waals surface area contributed by atoms with E-state index in [9.17, 15) is 4.79 Å². The summed E-state index contributed by atoms with van der Waals surface area (Å²) >= 11 is 1.56. The second kappa shape index (κ2) is 12.1. The average Bonchev–Trinajstić information content (AvgIpc) is 3.42. The molecule has 0 saturated carbocycles. The number of amides is 1. The number of thioether (sulfide) groups is 1. The van der Waals surface area contributed by atoms with Crippen LogP contribution in [0.2, 0.25) is 0 Å². The number of hydrogen-bond acceptors (Lipinski definition) is 8. The van der Waals surface area contributed by atoms with E-state index in [0.29, 0.717) is 11.5 Å². The molecule has 9 heteroatoms. The lowest BCUT2D eigenvalue weighted by atomic mass is 10.2. The predicted molar refractivity (Wildman–Crippen MR) is 147 cm³/mol. The molecule has 2 saturated heterocycles. The van der Waals surface area contributed by atoms with Crippen LogP contribution in [0.1, 0.15) is 34.5 Å². The minimum absolute atomic E-state index is 0.0257. The summed E-state index contributed by atoms with van der Waals surface area (Å²) < 4.78 is 5.91. The van der Waals surface area contributed by atoms with Gasteiger partial charge in [-0.15, -0.1) is 0 Å². The van der Waals surface area contributed by atoms with Crippen LogP contribution in [0.15, 0.2) is 58.1 Å². The number of carbonyl (C=O) groups excluding carboxylic acids is 1. The Kier molecular flexibility index (Phi) is 8.43. The van der Waals surface area contributed by atoms with Crippen molar-refractivity contribution in [2.24, 2.45) is 0 Å². The second-order valence-electron chi connectivity index (χ2n) is 9.75. The minimum atomic E-state index is -0.0257. The molecule has 0 aliphatic carbocycles. The Morgan fingerprint density at radius 2 is 1.70 bits per heavy atom. The van der Waals surface area contributed by atoms with Gasteiger partial charge in [0.2, 0.25) is 0 Å². The van der Waals surface area contributed by atoms with E-state index in [1.165, 1.54) is 5.56 Å². The summed E-state index contributed by atoms with van der Waals surface area (Å²) in [5.41, 5.74) is 2.40. The van der Waals surface area contributed by atoms with Crippen molar-refractivity contribution in [2.75, 3.05) is 64.3 Å². The topological polar surface area (TPSA) is 69.0 Å². The van der Waals surface area contributed by atoms with Crippen LogP contribution in [0.4, 0.5) is 5.82 Å². The lowest BCUT2D eigenvalue weighted by Crippen LogP contribution is -2.47. The highest BCUT2D eigenvalue weighted by Crippen LogP contribution is 2.25. The van der Waals surface area contributed by atoms with Gasteiger partial charge in [0.15, 0.2) is 10.9 Å². The van der Waals surface area contributed by atoms with Gasteiger partial charge in [-0.1, -0.05) is 49.0 Å².